The van der Waals surface area contributed by atoms with Crippen molar-refractivity contribution in [3.63, 3.8) is 0 Å². The Labute approximate surface area is 164 Å². The summed E-state index contributed by atoms with van der Waals surface area (Å²) in [5.74, 6) is -2.11. The molecule has 0 bridgehead atoms. The molecule has 146 valence electrons. The van der Waals surface area contributed by atoms with Gasteiger partial charge in [-0.3, -0.25) is 9.59 Å². The molecule has 0 saturated heterocycles. The van der Waals surface area contributed by atoms with E-state index in [0.29, 0.717) is 11.1 Å². The predicted molar refractivity (Wildman–Crippen MR) is 105 cm³/mol. The van der Waals surface area contributed by atoms with Crippen LogP contribution in [0.25, 0.3) is 0 Å². The highest BCUT2D eigenvalue weighted by Crippen LogP contribution is 2.13. The fourth-order valence-corrected chi connectivity index (χ4v) is 4.24. The maximum atomic E-state index is 12.7. The summed E-state index contributed by atoms with van der Waals surface area (Å²) in [6, 6.07) is 15.7. The van der Waals surface area contributed by atoms with E-state index in [9.17, 15) is 18.0 Å². The molecule has 0 radical (unpaired) electrons. The highest BCUT2D eigenvalue weighted by molar-refractivity contribution is 7.90. The van der Waals surface area contributed by atoms with E-state index in [2.05, 4.69) is 10.6 Å². The van der Waals surface area contributed by atoms with Crippen molar-refractivity contribution in [1.29, 1.82) is 5.26 Å². The summed E-state index contributed by atoms with van der Waals surface area (Å²) in [5, 5.41) is 13.4. The van der Waals surface area contributed by atoms with Crippen LogP contribution in [0, 0.1) is 18.3 Å². The van der Waals surface area contributed by atoms with Crippen molar-refractivity contribution >= 4 is 21.7 Å². The Morgan fingerprint density at radius 3 is 2.36 bits per heavy atom. The standard InChI is InChI=1S/C20H21N3O4S/c1-15-7-5-6-10-17(15)13-28(26,27)14-18(20(25)22-12-11-21)23-19(24)16-8-3-2-4-9-16/h2-10,18H,12-14H2,1H3,(H,22,25)(H,23,24). The Hall–Kier alpha value is -3.18. The van der Waals surface area contributed by atoms with Crippen molar-refractivity contribution in [3.05, 3.63) is 71.3 Å². The SMILES string of the molecule is Cc1ccccc1CS(=O)(=O)CC(NC(=O)c1ccccc1)C(=O)NCC#N. The molecule has 2 aromatic rings. The average Bonchev–Trinajstić information content (AvgIpc) is 2.67. The number of aryl methyl sites for hydroxylation is 1. The number of benzene rings is 2. The number of rotatable bonds is 8. The molecular weight excluding hydrogens is 378 g/mol. The minimum atomic E-state index is -3.71. The van der Waals surface area contributed by atoms with Crippen LogP contribution in [0.5, 0.6) is 0 Å². The fraction of sp³-hybridized carbons (Fsp3) is 0.250. The van der Waals surface area contributed by atoms with Crippen LogP contribution in [0.4, 0.5) is 0 Å². The van der Waals surface area contributed by atoms with Crippen LogP contribution in [0.1, 0.15) is 21.5 Å². The number of carbonyl (C=O) groups excluding carboxylic acids is 2. The minimum absolute atomic E-state index is 0.247. The molecule has 2 amide bonds. The van der Waals surface area contributed by atoms with Crippen molar-refractivity contribution in [2.24, 2.45) is 0 Å². The second kappa shape index (κ2) is 9.67. The lowest BCUT2D eigenvalue weighted by Crippen LogP contribution is -2.50. The first-order valence-electron chi connectivity index (χ1n) is 8.58. The second-order valence-corrected chi connectivity index (χ2v) is 8.36. The van der Waals surface area contributed by atoms with Crippen molar-refractivity contribution in [2.45, 2.75) is 18.7 Å². The maximum Gasteiger partial charge on any atom is 0.251 e. The summed E-state index contributed by atoms with van der Waals surface area (Å²) in [5.41, 5.74) is 1.76. The maximum absolute atomic E-state index is 12.7. The molecule has 2 N–H and O–H groups in total. The van der Waals surface area contributed by atoms with E-state index in [1.54, 1.807) is 61.5 Å². The van der Waals surface area contributed by atoms with Gasteiger partial charge >= 0.3 is 0 Å². The lowest BCUT2D eigenvalue weighted by molar-refractivity contribution is -0.122. The third kappa shape index (κ3) is 6.21. The number of hydrogen-bond donors (Lipinski definition) is 2. The molecule has 0 heterocycles. The Kier molecular flexibility index (Phi) is 7.29. The number of nitrogens with one attached hydrogen (secondary N) is 2. The number of amides is 2. The Bertz CT molecular complexity index is 982. The van der Waals surface area contributed by atoms with Gasteiger partial charge in [0.05, 0.1) is 17.6 Å². The minimum Gasteiger partial charge on any atom is -0.341 e. The van der Waals surface area contributed by atoms with Crippen LogP contribution in [-0.2, 0) is 20.4 Å². The van der Waals surface area contributed by atoms with Gasteiger partial charge in [-0.1, -0.05) is 42.5 Å². The van der Waals surface area contributed by atoms with Gasteiger partial charge in [-0.25, -0.2) is 8.42 Å². The molecular formula is C20H21N3O4S. The molecule has 28 heavy (non-hydrogen) atoms. The molecule has 2 aromatic carbocycles. The van der Waals surface area contributed by atoms with Crippen LogP contribution >= 0.6 is 0 Å². The largest absolute Gasteiger partial charge is 0.341 e. The monoisotopic (exact) mass is 399 g/mol. The van der Waals surface area contributed by atoms with Crippen LogP contribution in [0.15, 0.2) is 54.6 Å². The summed E-state index contributed by atoms with van der Waals surface area (Å²) in [4.78, 5) is 24.7. The summed E-state index contributed by atoms with van der Waals surface area (Å²) >= 11 is 0. The van der Waals surface area contributed by atoms with Gasteiger partial charge < -0.3 is 10.6 Å². The zero-order chi connectivity index (χ0) is 20.6. The zero-order valence-electron chi connectivity index (χ0n) is 15.4. The van der Waals surface area contributed by atoms with Gasteiger partial charge in [0, 0.05) is 5.56 Å². The van der Waals surface area contributed by atoms with E-state index in [0.717, 1.165) is 5.56 Å². The molecule has 0 aromatic heterocycles. The summed E-state index contributed by atoms with van der Waals surface area (Å²) in [6.07, 6.45) is 0. The molecule has 0 saturated carbocycles. The molecule has 8 heteroatoms. The smallest absolute Gasteiger partial charge is 0.251 e. The second-order valence-electron chi connectivity index (χ2n) is 6.25. The van der Waals surface area contributed by atoms with Crippen molar-refractivity contribution < 1.29 is 18.0 Å². The van der Waals surface area contributed by atoms with E-state index in [4.69, 9.17) is 5.26 Å². The van der Waals surface area contributed by atoms with Gasteiger partial charge in [0.15, 0.2) is 9.84 Å². The molecule has 0 aliphatic rings. The first-order valence-corrected chi connectivity index (χ1v) is 10.4. The van der Waals surface area contributed by atoms with Gasteiger partial charge in [0.25, 0.3) is 5.91 Å². The first kappa shape index (κ1) is 21.1. The highest BCUT2D eigenvalue weighted by Gasteiger charge is 2.28. The number of nitrogens with zero attached hydrogens (tertiary/aromatic N) is 1. The number of sulfone groups is 1. The molecule has 1 unspecified atom stereocenters. The van der Waals surface area contributed by atoms with Crippen molar-refractivity contribution in [2.75, 3.05) is 12.3 Å². The van der Waals surface area contributed by atoms with Gasteiger partial charge in [-0.2, -0.15) is 5.26 Å². The predicted octanol–water partition coefficient (Wildman–Crippen LogP) is 1.35. The fourth-order valence-electron chi connectivity index (χ4n) is 2.59. The Balaban J connectivity index is 2.18. The molecule has 0 fully saturated rings. The number of nitriles is 1. The van der Waals surface area contributed by atoms with Gasteiger partial charge in [0.2, 0.25) is 5.91 Å². The highest BCUT2D eigenvalue weighted by atomic mass is 32.2. The van der Waals surface area contributed by atoms with Gasteiger partial charge in [-0.15, -0.1) is 0 Å². The molecule has 2 rings (SSSR count). The van der Waals surface area contributed by atoms with Gasteiger partial charge in [0.1, 0.15) is 12.6 Å². The molecule has 1 atom stereocenters. The molecule has 0 spiro atoms. The third-order valence-corrected chi connectivity index (χ3v) is 5.65. The van der Waals surface area contributed by atoms with E-state index in [1.807, 2.05) is 6.07 Å². The lowest BCUT2D eigenvalue weighted by atomic mass is 10.1. The number of carbonyl (C=O) groups is 2. The number of hydrogen-bond acceptors (Lipinski definition) is 5. The quantitative estimate of drug-likeness (QED) is 0.650. The average molecular weight is 399 g/mol. The van der Waals surface area contributed by atoms with E-state index in [1.165, 1.54) is 0 Å². The summed E-state index contributed by atoms with van der Waals surface area (Å²) < 4.78 is 25.3. The van der Waals surface area contributed by atoms with Gasteiger partial charge in [-0.05, 0) is 30.2 Å². The normalized spacial score (nSPS) is 11.9. The zero-order valence-corrected chi connectivity index (χ0v) is 16.2. The van der Waals surface area contributed by atoms with E-state index < -0.39 is 33.4 Å². The van der Waals surface area contributed by atoms with Crippen LogP contribution in [0.2, 0.25) is 0 Å². The lowest BCUT2D eigenvalue weighted by Gasteiger charge is -2.18. The van der Waals surface area contributed by atoms with Crippen molar-refractivity contribution in [1.82, 2.24) is 10.6 Å². The van der Waals surface area contributed by atoms with Crippen molar-refractivity contribution in [3.8, 4) is 6.07 Å². The third-order valence-electron chi connectivity index (χ3n) is 4.06. The van der Waals surface area contributed by atoms with E-state index >= 15 is 0 Å². The first-order chi connectivity index (χ1) is 13.3. The molecule has 0 aliphatic heterocycles. The van der Waals surface area contributed by atoms with Crippen LogP contribution < -0.4 is 10.6 Å². The van der Waals surface area contributed by atoms with E-state index in [-0.39, 0.29) is 12.3 Å². The molecule has 0 aliphatic carbocycles. The Morgan fingerprint density at radius 1 is 1.07 bits per heavy atom. The Morgan fingerprint density at radius 2 is 1.71 bits per heavy atom. The summed E-state index contributed by atoms with van der Waals surface area (Å²) in [6.45, 7) is 1.52. The van der Waals surface area contributed by atoms with Crippen LogP contribution in [-0.4, -0.2) is 38.6 Å². The van der Waals surface area contributed by atoms with Crippen LogP contribution in [0.3, 0.4) is 0 Å². The summed E-state index contributed by atoms with van der Waals surface area (Å²) in [7, 11) is -3.71. The topological polar surface area (TPSA) is 116 Å². The molecule has 7 nitrogen and oxygen atoms in total.